The molecule has 0 saturated heterocycles. The molecule has 0 aliphatic heterocycles. The first-order valence-corrected chi connectivity index (χ1v) is 7.64. The molecular weight excluding hydrogens is 206 g/mol. The average Bonchev–Trinajstić information content (AvgIpc) is 2.33. The predicted molar refractivity (Wildman–Crippen MR) is 79.2 cm³/mol. The summed E-state index contributed by atoms with van der Waals surface area (Å²) >= 11 is 0. The molecule has 0 rings (SSSR count). The van der Waals surface area contributed by atoms with Crippen molar-refractivity contribution >= 4 is 0 Å². The SMILES string of the molecule is C=C(C(CCC)CCCC)N(CCC)CCC. The van der Waals surface area contributed by atoms with Crippen LogP contribution >= 0.6 is 0 Å². The molecule has 0 heterocycles. The van der Waals surface area contributed by atoms with Crippen molar-refractivity contribution in [2.24, 2.45) is 5.92 Å². The number of hydrogen-bond acceptors (Lipinski definition) is 1. The Kier molecular flexibility index (Phi) is 10.4. The Morgan fingerprint density at radius 1 is 0.882 bits per heavy atom. The number of unbranched alkanes of at least 4 members (excludes halogenated alkanes) is 1. The lowest BCUT2D eigenvalue weighted by atomic mass is 9.93. The third-order valence-corrected chi connectivity index (χ3v) is 3.41. The molecule has 0 aliphatic rings. The van der Waals surface area contributed by atoms with Crippen LogP contribution in [0.4, 0.5) is 0 Å². The molecule has 0 aromatic rings. The zero-order chi connectivity index (χ0) is 13.1. The van der Waals surface area contributed by atoms with Gasteiger partial charge in [-0.25, -0.2) is 0 Å². The Morgan fingerprint density at radius 3 is 1.88 bits per heavy atom. The number of hydrogen-bond donors (Lipinski definition) is 0. The van der Waals surface area contributed by atoms with Gasteiger partial charge in [-0.05, 0) is 31.6 Å². The van der Waals surface area contributed by atoms with Crippen molar-refractivity contribution < 1.29 is 0 Å². The minimum Gasteiger partial charge on any atom is -0.375 e. The van der Waals surface area contributed by atoms with Gasteiger partial charge in [0.1, 0.15) is 0 Å². The molecule has 0 saturated carbocycles. The van der Waals surface area contributed by atoms with Gasteiger partial charge in [0.25, 0.3) is 0 Å². The zero-order valence-corrected chi connectivity index (χ0v) is 12.6. The maximum atomic E-state index is 4.39. The molecule has 0 aliphatic carbocycles. The van der Waals surface area contributed by atoms with E-state index >= 15 is 0 Å². The fourth-order valence-corrected chi connectivity index (χ4v) is 2.47. The molecule has 1 heteroatoms. The van der Waals surface area contributed by atoms with E-state index in [-0.39, 0.29) is 0 Å². The van der Waals surface area contributed by atoms with Gasteiger partial charge < -0.3 is 4.90 Å². The van der Waals surface area contributed by atoms with E-state index in [4.69, 9.17) is 0 Å². The highest BCUT2D eigenvalue weighted by molar-refractivity contribution is 5.00. The molecule has 0 aromatic carbocycles. The monoisotopic (exact) mass is 239 g/mol. The molecule has 1 nitrogen and oxygen atoms in total. The third kappa shape index (κ3) is 6.75. The highest BCUT2D eigenvalue weighted by atomic mass is 15.1. The van der Waals surface area contributed by atoms with Gasteiger partial charge in [-0.1, -0.05) is 53.5 Å². The summed E-state index contributed by atoms with van der Waals surface area (Å²) in [5, 5.41) is 0. The molecular formula is C16H33N. The molecule has 0 fully saturated rings. The lowest BCUT2D eigenvalue weighted by Crippen LogP contribution is -2.28. The fraction of sp³-hybridized carbons (Fsp3) is 0.875. The summed E-state index contributed by atoms with van der Waals surface area (Å²) in [4.78, 5) is 2.52. The van der Waals surface area contributed by atoms with Crippen molar-refractivity contribution in [3.63, 3.8) is 0 Å². The molecule has 0 bridgehead atoms. The van der Waals surface area contributed by atoms with Crippen LogP contribution in [0.25, 0.3) is 0 Å². The van der Waals surface area contributed by atoms with Crippen molar-refractivity contribution in [1.29, 1.82) is 0 Å². The van der Waals surface area contributed by atoms with Crippen molar-refractivity contribution in [2.45, 2.75) is 72.6 Å². The number of rotatable bonds is 11. The Balaban J connectivity index is 4.40. The van der Waals surface area contributed by atoms with E-state index < -0.39 is 0 Å². The second kappa shape index (κ2) is 10.7. The molecule has 102 valence electrons. The standard InChI is InChI=1S/C16H33N/c1-6-10-12-16(11-7-2)15(5)17(13-8-3)14-9-4/h16H,5-14H2,1-4H3. The third-order valence-electron chi connectivity index (χ3n) is 3.41. The minimum atomic E-state index is 0.720. The molecule has 17 heavy (non-hydrogen) atoms. The highest BCUT2D eigenvalue weighted by Gasteiger charge is 2.16. The van der Waals surface area contributed by atoms with Crippen molar-refractivity contribution in [3.05, 3.63) is 12.3 Å². The van der Waals surface area contributed by atoms with Crippen LogP contribution < -0.4 is 0 Å². The molecule has 1 unspecified atom stereocenters. The normalized spacial score (nSPS) is 12.5. The van der Waals surface area contributed by atoms with Crippen LogP contribution in [0.5, 0.6) is 0 Å². The molecule has 0 radical (unpaired) electrons. The largest absolute Gasteiger partial charge is 0.375 e. The molecule has 0 N–H and O–H groups in total. The first-order valence-electron chi connectivity index (χ1n) is 7.64. The van der Waals surface area contributed by atoms with E-state index in [0.717, 1.165) is 5.92 Å². The van der Waals surface area contributed by atoms with E-state index in [2.05, 4.69) is 39.2 Å². The topological polar surface area (TPSA) is 3.24 Å². The second-order valence-corrected chi connectivity index (χ2v) is 5.11. The summed E-state index contributed by atoms with van der Waals surface area (Å²) in [6.07, 6.45) is 9.01. The smallest absolute Gasteiger partial charge is 0.0172 e. The van der Waals surface area contributed by atoms with Crippen LogP contribution in [0.2, 0.25) is 0 Å². The van der Waals surface area contributed by atoms with E-state index in [1.165, 1.54) is 63.7 Å². The van der Waals surface area contributed by atoms with E-state index in [0.29, 0.717) is 0 Å². The average molecular weight is 239 g/mol. The maximum absolute atomic E-state index is 4.39. The summed E-state index contributed by atoms with van der Waals surface area (Å²) < 4.78 is 0. The van der Waals surface area contributed by atoms with Crippen LogP contribution in [0, 0.1) is 5.92 Å². The zero-order valence-electron chi connectivity index (χ0n) is 12.6. The van der Waals surface area contributed by atoms with Crippen LogP contribution in [-0.2, 0) is 0 Å². The van der Waals surface area contributed by atoms with Gasteiger partial charge in [0.15, 0.2) is 0 Å². The van der Waals surface area contributed by atoms with Crippen LogP contribution in [0.15, 0.2) is 12.3 Å². The van der Waals surface area contributed by atoms with Crippen molar-refractivity contribution in [1.82, 2.24) is 4.90 Å². The lowest BCUT2D eigenvalue weighted by molar-refractivity contribution is 0.286. The summed E-state index contributed by atoms with van der Waals surface area (Å²) in [6, 6.07) is 0. The van der Waals surface area contributed by atoms with Gasteiger partial charge in [-0.2, -0.15) is 0 Å². The van der Waals surface area contributed by atoms with Gasteiger partial charge >= 0.3 is 0 Å². The Morgan fingerprint density at radius 2 is 1.47 bits per heavy atom. The van der Waals surface area contributed by atoms with E-state index in [9.17, 15) is 0 Å². The highest BCUT2D eigenvalue weighted by Crippen LogP contribution is 2.25. The first kappa shape index (κ1) is 16.5. The minimum absolute atomic E-state index is 0.720. The predicted octanol–water partition coefficient (Wildman–Crippen LogP) is 5.23. The van der Waals surface area contributed by atoms with Gasteiger partial charge in [-0.3, -0.25) is 0 Å². The van der Waals surface area contributed by atoms with E-state index in [1.807, 2.05) is 0 Å². The lowest BCUT2D eigenvalue weighted by Gasteiger charge is -2.31. The Bertz CT molecular complexity index is 180. The molecule has 0 amide bonds. The Hall–Kier alpha value is -0.460. The van der Waals surface area contributed by atoms with Crippen molar-refractivity contribution in [3.8, 4) is 0 Å². The van der Waals surface area contributed by atoms with Crippen LogP contribution in [0.1, 0.15) is 72.6 Å². The van der Waals surface area contributed by atoms with Crippen LogP contribution in [-0.4, -0.2) is 18.0 Å². The van der Waals surface area contributed by atoms with Gasteiger partial charge in [0, 0.05) is 18.8 Å². The fourth-order valence-electron chi connectivity index (χ4n) is 2.47. The van der Waals surface area contributed by atoms with Gasteiger partial charge in [-0.15, -0.1) is 0 Å². The van der Waals surface area contributed by atoms with Crippen molar-refractivity contribution in [2.75, 3.05) is 13.1 Å². The van der Waals surface area contributed by atoms with E-state index in [1.54, 1.807) is 0 Å². The Labute approximate surface area is 109 Å². The maximum Gasteiger partial charge on any atom is 0.0172 e. The molecule has 1 atom stereocenters. The number of nitrogens with zero attached hydrogens (tertiary/aromatic N) is 1. The van der Waals surface area contributed by atoms with Gasteiger partial charge in [0.2, 0.25) is 0 Å². The van der Waals surface area contributed by atoms with Crippen LogP contribution in [0.3, 0.4) is 0 Å². The summed E-state index contributed by atoms with van der Waals surface area (Å²) in [7, 11) is 0. The summed E-state index contributed by atoms with van der Waals surface area (Å²) in [5.74, 6) is 0.720. The summed E-state index contributed by atoms with van der Waals surface area (Å²) in [6.45, 7) is 15.8. The molecule has 0 spiro atoms. The quantitative estimate of drug-likeness (QED) is 0.477. The first-order chi connectivity index (χ1) is 8.21. The van der Waals surface area contributed by atoms with Gasteiger partial charge in [0.05, 0.1) is 0 Å². The second-order valence-electron chi connectivity index (χ2n) is 5.11. The molecule has 0 aromatic heterocycles. The number of allylic oxidation sites excluding steroid dienone is 1. The summed E-state index contributed by atoms with van der Waals surface area (Å²) in [5.41, 5.74) is 1.41.